The molecule has 0 bridgehead atoms. The Bertz CT molecular complexity index is 987. The lowest BCUT2D eigenvalue weighted by Gasteiger charge is -2.20. The minimum absolute atomic E-state index is 0.218. The third kappa shape index (κ3) is 4.82. The topological polar surface area (TPSA) is 66.5 Å². The number of sulfonamides is 1. The summed E-state index contributed by atoms with van der Waals surface area (Å²) in [7, 11) is -2.00. The second-order valence-corrected chi connectivity index (χ2v) is 9.30. The normalized spacial score (nSPS) is 12.6. The van der Waals surface area contributed by atoms with Gasteiger partial charge in [-0.25, -0.2) is 8.42 Å². The summed E-state index contributed by atoms with van der Waals surface area (Å²) in [5.41, 5.74) is 5.11. The number of aryl methyl sites for hydroxylation is 3. The van der Waals surface area contributed by atoms with E-state index in [-0.39, 0.29) is 22.5 Å². The summed E-state index contributed by atoms with van der Waals surface area (Å²) in [6.45, 7) is 8.02. The van der Waals surface area contributed by atoms with Gasteiger partial charge < -0.3 is 5.32 Å². The molecule has 0 spiro atoms. The highest BCUT2D eigenvalue weighted by atomic mass is 35.5. The molecule has 0 aliphatic carbocycles. The predicted molar refractivity (Wildman–Crippen MR) is 111 cm³/mol. The Balaban J connectivity index is 2.32. The molecule has 1 amide bonds. The van der Waals surface area contributed by atoms with Crippen molar-refractivity contribution in [3.05, 3.63) is 63.2 Å². The van der Waals surface area contributed by atoms with Crippen LogP contribution in [0.15, 0.2) is 30.3 Å². The van der Waals surface area contributed by atoms with Crippen molar-refractivity contribution in [3.63, 3.8) is 0 Å². The number of amides is 1. The quantitative estimate of drug-likeness (QED) is 0.807. The molecule has 0 aliphatic heterocycles. The van der Waals surface area contributed by atoms with Gasteiger partial charge in [0.25, 0.3) is 5.91 Å². The van der Waals surface area contributed by atoms with Gasteiger partial charge in [0, 0.05) is 7.05 Å². The van der Waals surface area contributed by atoms with Crippen molar-refractivity contribution in [2.24, 2.45) is 0 Å². The van der Waals surface area contributed by atoms with E-state index in [9.17, 15) is 13.2 Å². The van der Waals surface area contributed by atoms with E-state index < -0.39 is 10.0 Å². The van der Waals surface area contributed by atoms with E-state index in [1.165, 1.54) is 24.7 Å². The van der Waals surface area contributed by atoms with Gasteiger partial charge >= 0.3 is 0 Å². The van der Waals surface area contributed by atoms with Gasteiger partial charge in [-0.05, 0) is 68.1 Å². The molecule has 0 heterocycles. The molecule has 2 rings (SSSR count). The van der Waals surface area contributed by atoms with Crippen molar-refractivity contribution in [1.82, 2.24) is 5.32 Å². The van der Waals surface area contributed by atoms with Crippen LogP contribution in [0.5, 0.6) is 0 Å². The highest BCUT2D eigenvalue weighted by molar-refractivity contribution is 7.92. The predicted octanol–water partition coefficient (Wildman–Crippen LogP) is 4.15. The van der Waals surface area contributed by atoms with Crippen molar-refractivity contribution in [1.29, 1.82) is 0 Å². The maximum atomic E-state index is 12.8. The van der Waals surface area contributed by atoms with Crippen LogP contribution in [0, 0.1) is 20.8 Å². The number of carbonyl (C=O) groups excluding carboxylic acids is 1. The number of nitrogens with one attached hydrogen (secondary N) is 1. The van der Waals surface area contributed by atoms with Gasteiger partial charge in [-0.1, -0.05) is 23.7 Å². The molecule has 2 aromatic carbocycles. The van der Waals surface area contributed by atoms with Crippen LogP contribution in [-0.4, -0.2) is 27.6 Å². The van der Waals surface area contributed by atoms with E-state index >= 15 is 0 Å². The standard InChI is InChI=1S/C20H25ClN2O3S/c1-12-9-14(3)17(10-13(12)2)15(4)22-20(24)18-11-16(7-8-19(18)21)23(5)27(6,25)26/h7-11,15H,1-6H3,(H,22,24). The molecule has 5 nitrogen and oxygen atoms in total. The smallest absolute Gasteiger partial charge is 0.253 e. The molecule has 1 N–H and O–H groups in total. The molecule has 0 aromatic heterocycles. The van der Waals surface area contributed by atoms with Crippen LogP contribution in [0.1, 0.15) is 45.6 Å². The molecule has 2 aromatic rings. The number of nitrogens with zero attached hydrogens (tertiary/aromatic N) is 1. The lowest BCUT2D eigenvalue weighted by atomic mass is 9.96. The van der Waals surface area contributed by atoms with Crippen LogP contribution in [0.25, 0.3) is 0 Å². The molecule has 0 aliphatic rings. The SMILES string of the molecule is Cc1cc(C)c(C(C)NC(=O)c2cc(N(C)S(C)(=O)=O)ccc2Cl)cc1C. The lowest BCUT2D eigenvalue weighted by molar-refractivity contribution is 0.0940. The van der Waals surface area contributed by atoms with Crippen LogP contribution in [0.4, 0.5) is 5.69 Å². The first-order valence-corrected chi connectivity index (χ1v) is 10.8. The average Bonchev–Trinajstić information content (AvgIpc) is 2.56. The highest BCUT2D eigenvalue weighted by Crippen LogP contribution is 2.26. The Labute approximate surface area is 166 Å². The summed E-state index contributed by atoms with van der Waals surface area (Å²) in [5.74, 6) is -0.353. The fourth-order valence-corrected chi connectivity index (χ4v) is 3.58. The number of anilines is 1. The lowest BCUT2D eigenvalue weighted by Crippen LogP contribution is -2.28. The van der Waals surface area contributed by atoms with E-state index in [2.05, 4.69) is 24.4 Å². The van der Waals surface area contributed by atoms with Gasteiger partial charge in [0.2, 0.25) is 10.0 Å². The monoisotopic (exact) mass is 408 g/mol. The zero-order chi connectivity index (χ0) is 20.5. The Hall–Kier alpha value is -2.05. The minimum atomic E-state index is -3.43. The average molecular weight is 409 g/mol. The molecule has 0 saturated heterocycles. The maximum absolute atomic E-state index is 12.8. The van der Waals surface area contributed by atoms with Crippen LogP contribution in [0.2, 0.25) is 5.02 Å². The number of halogens is 1. The Morgan fingerprint density at radius 1 is 1.07 bits per heavy atom. The van der Waals surface area contributed by atoms with Gasteiger partial charge in [-0.2, -0.15) is 0 Å². The molecule has 0 radical (unpaired) electrons. The first-order valence-electron chi connectivity index (χ1n) is 8.54. The minimum Gasteiger partial charge on any atom is -0.345 e. The first-order chi connectivity index (χ1) is 12.4. The molecule has 27 heavy (non-hydrogen) atoms. The van der Waals surface area contributed by atoms with Gasteiger partial charge in [-0.3, -0.25) is 9.10 Å². The highest BCUT2D eigenvalue weighted by Gasteiger charge is 2.19. The summed E-state index contributed by atoms with van der Waals surface area (Å²) in [6.07, 6.45) is 1.10. The van der Waals surface area contributed by atoms with Crippen LogP contribution >= 0.6 is 11.6 Å². The number of rotatable bonds is 5. The van der Waals surface area contributed by atoms with Crippen LogP contribution in [-0.2, 0) is 10.0 Å². The van der Waals surface area contributed by atoms with Crippen molar-refractivity contribution < 1.29 is 13.2 Å². The summed E-state index contributed by atoms with van der Waals surface area (Å²) in [6, 6.07) is 8.53. The Morgan fingerprint density at radius 3 is 2.26 bits per heavy atom. The van der Waals surface area contributed by atoms with E-state index in [1.807, 2.05) is 20.8 Å². The van der Waals surface area contributed by atoms with E-state index in [0.29, 0.717) is 5.69 Å². The summed E-state index contributed by atoms with van der Waals surface area (Å²) in [4.78, 5) is 12.8. The van der Waals surface area contributed by atoms with Gasteiger partial charge in [0.05, 0.1) is 28.6 Å². The third-order valence-corrected chi connectivity index (χ3v) is 6.29. The molecule has 0 saturated carbocycles. The van der Waals surface area contributed by atoms with Crippen molar-refractivity contribution in [2.45, 2.75) is 33.7 Å². The number of carbonyl (C=O) groups is 1. The third-order valence-electron chi connectivity index (χ3n) is 4.75. The number of benzene rings is 2. The zero-order valence-corrected chi connectivity index (χ0v) is 18.0. The largest absolute Gasteiger partial charge is 0.345 e. The second-order valence-electron chi connectivity index (χ2n) is 6.88. The zero-order valence-electron chi connectivity index (χ0n) is 16.4. The second kappa shape index (κ2) is 7.90. The van der Waals surface area contributed by atoms with Crippen molar-refractivity contribution in [2.75, 3.05) is 17.6 Å². The Morgan fingerprint density at radius 2 is 1.67 bits per heavy atom. The molecule has 1 unspecified atom stereocenters. The van der Waals surface area contributed by atoms with Gasteiger partial charge in [-0.15, -0.1) is 0 Å². The van der Waals surface area contributed by atoms with Gasteiger partial charge in [0.1, 0.15) is 0 Å². The fourth-order valence-electron chi connectivity index (χ4n) is 2.88. The van der Waals surface area contributed by atoms with Crippen molar-refractivity contribution in [3.8, 4) is 0 Å². The summed E-state index contributed by atoms with van der Waals surface area (Å²) < 4.78 is 24.6. The van der Waals surface area contributed by atoms with Gasteiger partial charge in [0.15, 0.2) is 0 Å². The number of hydrogen-bond donors (Lipinski definition) is 1. The van der Waals surface area contributed by atoms with Crippen LogP contribution in [0.3, 0.4) is 0 Å². The van der Waals surface area contributed by atoms with E-state index in [0.717, 1.165) is 27.3 Å². The maximum Gasteiger partial charge on any atom is 0.253 e. The summed E-state index contributed by atoms with van der Waals surface area (Å²) >= 11 is 6.19. The summed E-state index contributed by atoms with van der Waals surface area (Å²) in [5, 5.41) is 3.22. The fraction of sp³-hybridized carbons (Fsp3) is 0.350. The van der Waals surface area contributed by atoms with E-state index in [4.69, 9.17) is 11.6 Å². The number of hydrogen-bond acceptors (Lipinski definition) is 3. The molecule has 7 heteroatoms. The molecule has 146 valence electrons. The van der Waals surface area contributed by atoms with Crippen molar-refractivity contribution >= 4 is 33.2 Å². The first kappa shape index (κ1) is 21.3. The Kier molecular flexibility index (Phi) is 6.22. The molecule has 0 fully saturated rings. The molecule has 1 atom stereocenters. The van der Waals surface area contributed by atoms with E-state index in [1.54, 1.807) is 6.07 Å². The molecular weight excluding hydrogens is 384 g/mol. The molecular formula is C20H25ClN2O3S. The van der Waals surface area contributed by atoms with Crippen LogP contribution < -0.4 is 9.62 Å².